The largest absolute Gasteiger partial charge is 0.479 e. The van der Waals surface area contributed by atoms with Crippen molar-refractivity contribution in [1.29, 1.82) is 0 Å². The van der Waals surface area contributed by atoms with Crippen LogP contribution in [0.25, 0.3) is 10.9 Å². The van der Waals surface area contributed by atoms with E-state index in [0.717, 1.165) is 6.07 Å². The minimum Gasteiger partial charge on any atom is -0.479 e. The topological polar surface area (TPSA) is 90.7 Å². The van der Waals surface area contributed by atoms with E-state index < -0.39 is 23.3 Å². The lowest BCUT2D eigenvalue weighted by molar-refractivity contribution is -0.162. The van der Waals surface area contributed by atoms with Crippen LogP contribution >= 0.6 is 0 Å². The van der Waals surface area contributed by atoms with Crippen molar-refractivity contribution >= 4 is 22.8 Å². The zero-order chi connectivity index (χ0) is 16.6. The number of hydrogen-bond acceptors (Lipinski definition) is 4. The van der Waals surface area contributed by atoms with Crippen molar-refractivity contribution in [2.45, 2.75) is 18.4 Å². The number of piperidine rings is 1. The number of rotatable bonds is 2. The van der Waals surface area contributed by atoms with Crippen molar-refractivity contribution in [1.82, 2.24) is 9.88 Å². The van der Waals surface area contributed by atoms with Gasteiger partial charge in [0.25, 0.3) is 5.91 Å². The van der Waals surface area contributed by atoms with Gasteiger partial charge in [-0.2, -0.15) is 0 Å². The van der Waals surface area contributed by atoms with Crippen LogP contribution in [0.15, 0.2) is 30.5 Å². The zero-order valence-electron chi connectivity index (χ0n) is 12.2. The summed E-state index contributed by atoms with van der Waals surface area (Å²) in [5.41, 5.74) is -1.27. The number of pyridine rings is 1. The molecule has 1 aromatic heterocycles. The molecule has 23 heavy (non-hydrogen) atoms. The maximum absolute atomic E-state index is 13.7. The van der Waals surface area contributed by atoms with Crippen molar-refractivity contribution in [2.24, 2.45) is 0 Å². The molecule has 0 atom stereocenters. The average Bonchev–Trinajstić information content (AvgIpc) is 2.54. The van der Waals surface area contributed by atoms with Crippen molar-refractivity contribution in [3.05, 3.63) is 41.8 Å². The number of nitrogens with zero attached hydrogens (tertiary/aromatic N) is 2. The minimum absolute atomic E-state index is 0.0608. The summed E-state index contributed by atoms with van der Waals surface area (Å²) in [7, 11) is 0. The van der Waals surface area contributed by atoms with Crippen LogP contribution in [0.1, 0.15) is 23.2 Å². The first kappa shape index (κ1) is 15.4. The molecule has 1 fully saturated rings. The fourth-order valence-corrected chi connectivity index (χ4v) is 2.78. The van der Waals surface area contributed by atoms with Gasteiger partial charge in [-0.3, -0.25) is 9.78 Å². The van der Waals surface area contributed by atoms with Gasteiger partial charge in [0.15, 0.2) is 5.60 Å². The van der Waals surface area contributed by atoms with Gasteiger partial charge in [0, 0.05) is 37.5 Å². The molecule has 1 aromatic carbocycles. The van der Waals surface area contributed by atoms with Crippen LogP contribution < -0.4 is 0 Å². The van der Waals surface area contributed by atoms with E-state index in [2.05, 4.69) is 4.98 Å². The fraction of sp³-hybridized carbons (Fsp3) is 0.312. The summed E-state index contributed by atoms with van der Waals surface area (Å²) < 4.78 is 13.7. The van der Waals surface area contributed by atoms with Crippen LogP contribution in [0.4, 0.5) is 4.39 Å². The van der Waals surface area contributed by atoms with Crippen molar-refractivity contribution in [3.8, 4) is 0 Å². The molecule has 1 saturated heterocycles. The Kier molecular flexibility index (Phi) is 3.73. The zero-order valence-corrected chi connectivity index (χ0v) is 12.2. The summed E-state index contributed by atoms with van der Waals surface area (Å²) in [6.07, 6.45) is 1.40. The van der Waals surface area contributed by atoms with Crippen LogP contribution in [0.2, 0.25) is 0 Å². The molecule has 7 heteroatoms. The van der Waals surface area contributed by atoms with Crippen LogP contribution in [0, 0.1) is 5.82 Å². The molecule has 2 aromatic rings. The van der Waals surface area contributed by atoms with E-state index in [1.165, 1.54) is 17.2 Å². The molecule has 0 saturated carbocycles. The van der Waals surface area contributed by atoms with Crippen molar-refractivity contribution in [3.63, 3.8) is 0 Å². The van der Waals surface area contributed by atoms with E-state index >= 15 is 0 Å². The Balaban J connectivity index is 1.89. The molecule has 0 bridgehead atoms. The van der Waals surface area contributed by atoms with Gasteiger partial charge in [0.05, 0.1) is 11.1 Å². The quantitative estimate of drug-likeness (QED) is 0.874. The number of aliphatic carboxylic acids is 1. The number of halogens is 1. The molecule has 120 valence electrons. The van der Waals surface area contributed by atoms with Crippen LogP contribution in [0.3, 0.4) is 0 Å². The van der Waals surface area contributed by atoms with Gasteiger partial charge in [-0.25, -0.2) is 9.18 Å². The minimum atomic E-state index is -1.81. The van der Waals surface area contributed by atoms with Crippen LogP contribution in [0.5, 0.6) is 0 Å². The highest BCUT2D eigenvalue weighted by molar-refractivity contribution is 6.05. The Labute approximate surface area is 131 Å². The number of carbonyl (C=O) groups is 2. The summed E-state index contributed by atoms with van der Waals surface area (Å²) in [5.74, 6) is -2.24. The van der Waals surface area contributed by atoms with E-state index in [-0.39, 0.29) is 31.5 Å². The molecule has 1 aliphatic heterocycles. The third kappa shape index (κ3) is 2.75. The van der Waals surface area contributed by atoms with Gasteiger partial charge in [0.2, 0.25) is 0 Å². The lowest BCUT2D eigenvalue weighted by Crippen LogP contribution is -2.50. The van der Waals surface area contributed by atoms with E-state index in [9.17, 15) is 19.1 Å². The summed E-state index contributed by atoms with van der Waals surface area (Å²) in [6.45, 7) is 0.180. The molecule has 0 radical (unpaired) electrons. The molecule has 6 nitrogen and oxygen atoms in total. The molecule has 1 aliphatic rings. The second-order valence-electron chi connectivity index (χ2n) is 5.66. The Morgan fingerprint density at radius 3 is 2.61 bits per heavy atom. The summed E-state index contributed by atoms with van der Waals surface area (Å²) in [4.78, 5) is 29.2. The molecular formula is C16H15FN2O4. The Morgan fingerprint density at radius 1 is 1.26 bits per heavy atom. The lowest BCUT2D eigenvalue weighted by Gasteiger charge is -2.35. The highest BCUT2D eigenvalue weighted by atomic mass is 19.1. The van der Waals surface area contributed by atoms with Gasteiger partial charge in [-0.15, -0.1) is 0 Å². The average molecular weight is 318 g/mol. The number of carboxylic acids is 1. The number of aromatic nitrogens is 1. The number of benzene rings is 1. The third-order valence-electron chi connectivity index (χ3n) is 4.18. The molecule has 3 rings (SSSR count). The van der Waals surface area contributed by atoms with E-state index in [0.29, 0.717) is 10.9 Å². The highest BCUT2D eigenvalue weighted by Gasteiger charge is 2.40. The van der Waals surface area contributed by atoms with Gasteiger partial charge >= 0.3 is 5.97 Å². The Hall–Kier alpha value is -2.54. The summed E-state index contributed by atoms with van der Waals surface area (Å²) in [5, 5.41) is 19.5. The molecule has 0 unspecified atom stereocenters. The van der Waals surface area contributed by atoms with Crippen molar-refractivity contribution < 1.29 is 24.2 Å². The smallest absolute Gasteiger partial charge is 0.335 e. The first-order valence-electron chi connectivity index (χ1n) is 7.20. The first-order chi connectivity index (χ1) is 10.9. The maximum Gasteiger partial charge on any atom is 0.335 e. The van der Waals surface area contributed by atoms with Crippen LogP contribution in [-0.2, 0) is 4.79 Å². The normalized spacial score (nSPS) is 17.2. The molecule has 0 spiro atoms. The van der Waals surface area contributed by atoms with Gasteiger partial charge in [-0.05, 0) is 18.2 Å². The lowest BCUT2D eigenvalue weighted by atomic mass is 9.91. The predicted molar refractivity (Wildman–Crippen MR) is 79.4 cm³/mol. The standard InChI is InChI=1S/C16H15FN2O4/c17-11-8-10-2-1-5-18-13(10)12(9-11)14(20)19-6-3-16(23,4-7-19)15(21)22/h1-2,5,8-9,23H,3-4,6-7H2,(H,21,22). The van der Waals surface area contributed by atoms with E-state index in [1.54, 1.807) is 12.1 Å². The summed E-state index contributed by atoms with van der Waals surface area (Å²) in [6, 6.07) is 5.76. The Morgan fingerprint density at radius 2 is 1.96 bits per heavy atom. The molecule has 0 aliphatic carbocycles. The first-order valence-corrected chi connectivity index (χ1v) is 7.20. The third-order valence-corrected chi connectivity index (χ3v) is 4.18. The van der Waals surface area contributed by atoms with Gasteiger partial charge < -0.3 is 15.1 Å². The molecule has 2 heterocycles. The fourth-order valence-electron chi connectivity index (χ4n) is 2.78. The molecular weight excluding hydrogens is 303 g/mol. The second-order valence-corrected chi connectivity index (χ2v) is 5.66. The van der Waals surface area contributed by atoms with Gasteiger partial charge in [-0.1, -0.05) is 6.07 Å². The van der Waals surface area contributed by atoms with Crippen molar-refractivity contribution in [2.75, 3.05) is 13.1 Å². The molecule has 2 N–H and O–H groups in total. The number of fused-ring (bicyclic) bond motifs is 1. The van der Waals surface area contributed by atoms with E-state index in [1.807, 2.05) is 0 Å². The van der Waals surface area contributed by atoms with E-state index in [4.69, 9.17) is 5.11 Å². The van der Waals surface area contributed by atoms with Gasteiger partial charge in [0.1, 0.15) is 5.82 Å². The number of amides is 1. The summed E-state index contributed by atoms with van der Waals surface area (Å²) >= 11 is 0. The maximum atomic E-state index is 13.7. The highest BCUT2D eigenvalue weighted by Crippen LogP contribution is 2.26. The Bertz CT molecular complexity index is 785. The monoisotopic (exact) mass is 318 g/mol. The number of aliphatic hydroxyl groups is 1. The van der Waals surface area contributed by atoms with Crippen LogP contribution in [-0.4, -0.2) is 50.7 Å². The predicted octanol–water partition coefficient (Wildman–Crippen LogP) is 1.43. The number of likely N-dealkylation sites (tertiary alicyclic amines) is 1. The SMILES string of the molecule is O=C(c1cc(F)cc2cccnc12)N1CCC(O)(C(=O)O)CC1. The molecule has 1 amide bonds. The second kappa shape index (κ2) is 5.58. The number of carboxylic acid groups (broad SMARTS) is 1. The number of carbonyl (C=O) groups excluding carboxylic acids is 1. The number of hydrogen-bond donors (Lipinski definition) is 2.